The van der Waals surface area contributed by atoms with Gasteiger partial charge in [-0.25, -0.2) is 18.8 Å². The molecule has 6 rings (SSSR count). The molecule has 4 aliphatic rings. The number of urea groups is 1. The van der Waals surface area contributed by atoms with Crippen molar-refractivity contribution >= 4 is 21.6 Å². The number of anilines is 1. The fraction of sp³-hybridized carbons (Fsp3) is 0.565. The highest BCUT2D eigenvalue weighted by Gasteiger charge is 2.37. The average molecular weight is 487 g/mol. The number of aryl methyl sites for hydroxylation is 1. The molecule has 3 heterocycles. The third-order valence-corrected chi connectivity index (χ3v) is 8.89. The van der Waals surface area contributed by atoms with E-state index in [0.29, 0.717) is 19.0 Å². The van der Waals surface area contributed by atoms with Crippen molar-refractivity contribution in [1.29, 1.82) is 0 Å². The summed E-state index contributed by atoms with van der Waals surface area (Å²) in [4.78, 5) is 15.2. The van der Waals surface area contributed by atoms with Crippen LogP contribution in [-0.2, 0) is 46.9 Å². The number of methoxy groups -OCH3 is 1. The maximum Gasteiger partial charge on any atom is 0.354 e. The minimum atomic E-state index is -3.52. The number of nitrogens with two attached hydrogens (primary N) is 1. The maximum atomic E-state index is 13.3. The highest BCUT2D eigenvalue weighted by molar-refractivity contribution is 7.91. The van der Waals surface area contributed by atoms with Crippen molar-refractivity contribution in [1.82, 2.24) is 14.7 Å². The second-order valence-corrected chi connectivity index (χ2v) is 11.3. The molecule has 0 saturated carbocycles. The molecule has 2 atom stereocenters. The number of amides is 2. The number of hydrogen-bond acceptors (Lipinski definition) is 6. The van der Waals surface area contributed by atoms with Gasteiger partial charge in [-0.2, -0.15) is 5.10 Å². The van der Waals surface area contributed by atoms with Crippen molar-refractivity contribution in [2.45, 2.75) is 62.1 Å². The quantitative estimate of drug-likeness (QED) is 0.680. The molecule has 1 aromatic carbocycles. The van der Waals surface area contributed by atoms with Gasteiger partial charge in [0.05, 0.1) is 24.9 Å². The van der Waals surface area contributed by atoms with E-state index < -0.39 is 15.9 Å². The molecule has 3 N–H and O–H groups in total. The molecular weight excluding hydrogens is 456 g/mol. The van der Waals surface area contributed by atoms with Crippen LogP contribution < -0.4 is 15.2 Å². The number of fused-ring (bicyclic) bond motifs is 4. The Kier molecular flexibility index (Phi) is 5.40. The lowest BCUT2D eigenvalue weighted by molar-refractivity contribution is -0.0687. The highest BCUT2D eigenvalue weighted by Crippen LogP contribution is 2.38. The zero-order valence-electron chi connectivity index (χ0n) is 19.3. The van der Waals surface area contributed by atoms with Gasteiger partial charge in [-0.3, -0.25) is 4.90 Å². The summed E-state index contributed by atoms with van der Waals surface area (Å²) in [6, 6.07) is 1.51. The minimum absolute atomic E-state index is 0.152. The van der Waals surface area contributed by atoms with Crippen LogP contribution in [0, 0.1) is 0 Å². The van der Waals surface area contributed by atoms with Gasteiger partial charge in [0.2, 0.25) is 5.88 Å². The maximum absolute atomic E-state index is 13.3. The fourth-order valence-corrected chi connectivity index (χ4v) is 6.73. The van der Waals surface area contributed by atoms with Gasteiger partial charge in [-0.1, -0.05) is 0 Å². The second kappa shape index (κ2) is 8.33. The smallest absolute Gasteiger partial charge is 0.354 e. The summed E-state index contributed by atoms with van der Waals surface area (Å²) in [6.45, 7) is 2.72. The van der Waals surface area contributed by atoms with Gasteiger partial charge >= 0.3 is 6.03 Å². The Balaban J connectivity index is 1.21. The molecule has 2 amide bonds. The molecule has 2 aliphatic heterocycles. The first kappa shape index (κ1) is 22.0. The number of likely N-dealkylation sites (tertiary alicyclic amines) is 1. The van der Waals surface area contributed by atoms with Gasteiger partial charge in [-0.15, -0.1) is 4.36 Å². The van der Waals surface area contributed by atoms with Crippen molar-refractivity contribution in [2.75, 3.05) is 32.1 Å². The third kappa shape index (κ3) is 3.71. The third-order valence-electron chi connectivity index (χ3n) is 7.54. The Morgan fingerprint density at radius 2 is 1.97 bits per heavy atom. The Morgan fingerprint density at radius 1 is 1.21 bits per heavy atom. The van der Waals surface area contributed by atoms with E-state index in [-0.39, 0.29) is 17.0 Å². The first-order valence-electron chi connectivity index (χ1n) is 11.9. The first-order valence-corrected chi connectivity index (χ1v) is 13.5. The second-order valence-electron chi connectivity index (χ2n) is 9.59. The predicted molar refractivity (Wildman–Crippen MR) is 126 cm³/mol. The Labute approximate surface area is 199 Å². The summed E-state index contributed by atoms with van der Waals surface area (Å²) in [5.74, 6) is 0.322. The molecule has 2 aliphatic carbocycles. The van der Waals surface area contributed by atoms with Crippen LogP contribution in [0.1, 0.15) is 35.1 Å². The minimum Gasteiger partial charge on any atom is -0.475 e. The van der Waals surface area contributed by atoms with E-state index in [1.54, 1.807) is 11.8 Å². The Bertz CT molecular complexity index is 1270. The fourth-order valence-electron chi connectivity index (χ4n) is 5.73. The Hall–Kier alpha value is -2.47. The number of carbonyl (C=O) groups excluding carboxylic acids is 1. The van der Waals surface area contributed by atoms with Crippen LogP contribution in [-0.4, -0.2) is 63.9 Å². The van der Waals surface area contributed by atoms with E-state index in [9.17, 15) is 9.00 Å². The van der Waals surface area contributed by atoms with Crippen LogP contribution in [0.2, 0.25) is 0 Å². The molecule has 1 saturated heterocycles. The van der Waals surface area contributed by atoms with Crippen LogP contribution in [0.3, 0.4) is 0 Å². The van der Waals surface area contributed by atoms with Gasteiger partial charge in [0.1, 0.15) is 11.5 Å². The molecule has 34 heavy (non-hydrogen) atoms. The average Bonchev–Trinajstić information content (AvgIpc) is 3.50. The molecule has 0 bridgehead atoms. The molecule has 1 unspecified atom stereocenters. The molecule has 1 aromatic heterocycles. The zero-order chi connectivity index (χ0) is 23.4. The largest absolute Gasteiger partial charge is 0.475 e. The molecule has 1 fully saturated rings. The van der Waals surface area contributed by atoms with Gasteiger partial charge in [0.25, 0.3) is 0 Å². The van der Waals surface area contributed by atoms with Gasteiger partial charge < -0.3 is 14.8 Å². The van der Waals surface area contributed by atoms with Crippen LogP contribution in [0.5, 0.6) is 5.88 Å². The first-order chi connectivity index (χ1) is 16.4. The number of carbonyl (C=O) groups is 1. The molecular formula is C23H30N6O4S. The van der Waals surface area contributed by atoms with E-state index in [0.717, 1.165) is 57.3 Å². The van der Waals surface area contributed by atoms with E-state index in [4.69, 9.17) is 14.6 Å². The SMILES string of the molecule is COC1CN(C2COc3c([S@](N)(=O)=NC(=O)Nc4cc5c(c6c4CCC6)CCC5)cnn3C2)C1. The summed E-state index contributed by atoms with van der Waals surface area (Å²) < 4.78 is 30.1. The lowest BCUT2D eigenvalue weighted by atomic mass is 9.98. The number of hydrogen-bond donors (Lipinski definition) is 2. The molecule has 10 nitrogen and oxygen atoms in total. The van der Waals surface area contributed by atoms with Crippen LogP contribution >= 0.6 is 0 Å². The summed E-state index contributed by atoms with van der Waals surface area (Å²) in [7, 11) is -1.81. The van der Waals surface area contributed by atoms with Crippen molar-refractivity contribution < 1.29 is 18.5 Å². The number of benzene rings is 1. The molecule has 0 spiro atoms. The summed E-state index contributed by atoms with van der Waals surface area (Å²) >= 11 is 0. The highest BCUT2D eigenvalue weighted by atomic mass is 32.2. The van der Waals surface area contributed by atoms with Crippen LogP contribution in [0.4, 0.5) is 10.5 Å². The molecule has 182 valence electrons. The number of nitrogens with one attached hydrogen (secondary N) is 1. The van der Waals surface area contributed by atoms with Gasteiger partial charge in [0.15, 0.2) is 9.92 Å². The van der Waals surface area contributed by atoms with Gasteiger partial charge in [0, 0.05) is 25.9 Å². The monoisotopic (exact) mass is 486 g/mol. The van der Waals surface area contributed by atoms with Crippen molar-refractivity contribution in [3.8, 4) is 5.88 Å². The van der Waals surface area contributed by atoms with Gasteiger partial charge in [-0.05, 0) is 66.8 Å². The predicted octanol–water partition coefficient (Wildman–Crippen LogP) is 1.88. The summed E-state index contributed by atoms with van der Waals surface area (Å²) in [6.07, 6.45) is 8.02. The van der Waals surface area contributed by atoms with Crippen molar-refractivity contribution in [2.24, 2.45) is 9.50 Å². The molecule has 11 heteroatoms. The normalized spacial score (nSPS) is 23.3. The number of nitrogens with zero attached hydrogens (tertiary/aromatic N) is 4. The van der Waals surface area contributed by atoms with Crippen LogP contribution in [0.25, 0.3) is 0 Å². The number of rotatable bonds is 4. The summed E-state index contributed by atoms with van der Waals surface area (Å²) in [5, 5.41) is 13.3. The van der Waals surface area contributed by atoms with E-state index in [1.165, 1.54) is 28.5 Å². The van der Waals surface area contributed by atoms with Crippen molar-refractivity contribution in [3.63, 3.8) is 0 Å². The standard InChI is InChI=1S/C23H30N6O4S/c1-32-16-11-28(12-16)15-10-29-22(33-13-15)21(9-25-29)34(24,31)27-23(30)26-20-8-14-4-2-5-17(14)18-6-3-7-19(18)20/h8-9,15-16H,2-7,10-13H2,1H3,(H3,24,26,27,30,31)/t15?,34-/m1/s1. The zero-order valence-corrected chi connectivity index (χ0v) is 20.1. The van der Waals surface area contributed by atoms with Crippen molar-refractivity contribution in [3.05, 3.63) is 34.5 Å². The molecule has 0 radical (unpaired) electrons. The lowest BCUT2D eigenvalue weighted by Gasteiger charge is -2.44. The molecule has 2 aromatic rings. The summed E-state index contributed by atoms with van der Waals surface area (Å²) in [5.41, 5.74) is 6.11. The number of aromatic nitrogens is 2. The van der Waals surface area contributed by atoms with Crippen LogP contribution in [0.15, 0.2) is 21.5 Å². The van der Waals surface area contributed by atoms with E-state index >= 15 is 0 Å². The lowest BCUT2D eigenvalue weighted by Crippen LogP contribution is -2.59. The topological polar surface area (TPSA) is 124 Å². The number of ether oxygens (including phenoxy) is 2. The van der Waals surface area contributed by atoms with E-state index in [1.807, 2.05) is 0 Å². The van der Waals surface area contributed by atoms with E-state index in [2.05, 4.69) is 25.7 Å². The Morgan fingerprint density at radius 3 is 2.79 bits per heavy atom.